The molecule has 0 aliphatic carbocycles. The van der Waals surface area contributed by atoms with Gasteiger partial charge in [0.1, 0.15) is 0 Å². The zero-order valence-corrected chi connectivity index (χ0v) is 11.6. The minimum Gasteiger partial charge on any atom is -0.338 e. The van der Waals surface area contributed by atoms with Crippen LogP contribution < -0.4 is 5.73 Å². The third-order valence-electron chi connectivity index (χ3n) is 4.04. The summed E-state index contributed by atoms with van der Waals surface area (Å²) in [6.07, 6.45) is 5.74. The fraction of sp³-hybridized carbons (Fsp3) is 0.600. The molecule has 104 valence electrons. The molecule has 4 nitrogen and oxygen atoms in total. The maximum atomic E-state index is 12.2. The van der Waals surface area contributed by atoms with Crippen LogP contribution in [0.3, 0.4) is 0 Å². The highest BCUT2D eigenvalue weighted by Crippen LogP contribution is 2.22. The number of likely N-dealkylation sites (tertiary alicyclic amines) is 1. The van der Waals surface area contributed by atoms with Gasteiger partial charge in [0.25, 0.3) is 0 Å². The Morgan fingerprint density at radius 2 is 2.32 bits per heavy atom. The summed E-state index contributed by atoms with van der Waals surface area (Å²) in [5.41, 5.74) is 7.67. The molecule has 1 fully saturated rings. The smallest absolute Gasteiger partial charge is 0.222 e. The van der Waals surface area contributed by atoms with Gasteiger partial charge in [-0.25, -0.2) is 0 Å². The Morgan fingerprint density at radius 1 is 1.47 bits per heavy atom. The van der Waals surface area contributed by atoms with Gasteiger partial charge in [-0.1, -0.05) is 19.4 Å². The molecule has 1 aliphatic rings. The van der Waals surface area contributed by atoms with Crippen LogP contribution in [-0.4, -0.2) is 22.3 Å². The number of hydrogen-bond acceptors (Lipinski definition) is 3. The number of rotatable bonds is 4. The van der Waals surface area contributed by atoms with Crippen LogP contribution in [0.4, 0.5) is 0 Å². The van der Waals surface area contributed by atoms with E-state index in [4.69, 9.17) is 5.73 Å². The van der Waals surface area contributed by atoms with E-state index in [0.717, 1.165) is 30.6 Å². The Morgan fingerprint density at radius 3 is 3.05 bits per heavy atom. The topological polar surface area (TPSA) is 59.2 Å². The van der Waals surface area contributed by atoms with Gasteiger partial charge < -0.3 is 10.6 Å². The second kappa shape index (κ2) is 6.66. The van der Waals surface area contributed by atoms with Crippen LogP contribution >= 0.6 is 0 Å². The van der Waals surface area contributed by atoms with Crippen molar-refractivity contribution in [3.8, 4) is 0 Å². The SMILES string of the molecule is CCC1CCC(=O)N(Cc2cccnc2CN)CC1. The van der Waals surface area contributed by atoms with Crippen molar-refractivity contribution < 1.29 is 4.79 Å². The summed E-state index contributed by atoms with van der Waals surface area (Å²) < 4.78 is 0. The first kappa shape index (κ1) is 14.0. The molecule has 0 saturated carbocycles. The van der Waals surface area contributed by atoms with Crippen molar-refractivity contribution in [3.05, 3.63) is 29.6 Å². The van der Waals surface area contributed by atoms with Crippen LogP contribution in [0.5, 0.6) is 0 Å². The molecule has 1 amide bonds. The van der Waals surface area contributed by atoms with Gasteiger partial charge in [-0.05, 0) is 30.4 Å². The normalized spacial score (nSPS) is 20.4. The van der Waals surface area contributed by atoms with Gasteiger partial charge in [0, 0.05) is 32.3 Å². The third kappa shape index (κ3) is 3.53. The minimum absolute atomic E-state index is 0.266. The number of carbonyl (C=O) groups excluding carboxylic acids is 1. The second-order valence-electron chi connectivity index (χ2n) is 5.23. The lowest BCUT2D eigenvalue weighted by molar-refractivity contribution is -0.131. The molecule has 1 atom stereocenters. The molecule has 1 aromatic rings. The molecule has 1 aromatic heterocycles. The van der Waals surface area contributed by atoms with Crippen molar-refractivity contribution in [1.29, 1.82) is 0 Å². The average molecular weight is 261 g/mol. The molecule has 4 heteroatoms. The van der Waals surface area contributed by atoms with Gasteiger partial charge in [0.15, 0.2) is 0 Å². The molecule has 19 heavy (non-hydrogen) atoms. The third-order valence-corrected chi connectivity index (χ3v) is 4.04. The molecule has 0 bridgehead atoms. The van der Waals surface area contributed by atoms with Gasteiger partial charge in [-0.3, -0.25) is 9.78 Å². The zero-order valence-electron chi connectivity index (χ0n) is 11.6. The Hall–Kier alpha value is -1.42. The fourth-order valence-electron chi connectivity index (χ4n) is 2.67. The quantitative estimate of drug-likeness (QED) is 0.902. The molecular formula is C15H23N3O. The van der Waals surface area contributed by atoms with Gasteiger partial charge in [-0.15, -0.1) is 0 Å². The summed E-state index contributed by atoms with van der Waals surface area (Å²) in [5.74, 6) is 0.958. The van der Waals surface area contributed by atoms with Gasteiger partial charge in [0.05, 0.1) is 5.69 Å². The van der Waals surface area contributed by atoms with Gasteiger partial charge in [-0.2, -0.15) is 0 Å². The van der Waals surface area contributed by atoms with Crippen molar-refractivity contribution >= 4 is 5.91 Å². The van der Waals surface area contributed by atoms with E-state index < -0.39 is 0 Å². The molecule has 1 unspecified atom stereocenters. The standard InChI is InChI=1S/C15H23N3O/c1-2-12-5-6-15(19)18(9-7-12)11-13-4-3-8-17-14(13)10-16/h3-4,8,12H,2,5-7,9-11,16H2,1H3. The number of aromatic nitrogens is 1. The highest BCUT2D eigenvalue weighted by Gasteiger charge is 2.22. The fourth-order valence-corrected chi connectivity index (χ4v) is 2.67. The van der Waals surface area contributed by atoms with E-state index in [0.29, 0.717) is 25.4 Å². The summed E-state index contributed by atoms with van der Waals surface area (Å²) in [5, 5.41) is 0. The van der Waals surface area contributed by atoms with E-state index >= 15 is 0 Å². The van der Waals surface area contributed by atoms with Gasteiger partial charge in [0.2, 0.25) is 5.91 Å². The predicted molar refractivity (Wildman–Crippen MR) is 75.2 cm³/mol. The summed E-state index contributed by atoms with van der Waals surface area (Å²) in [7, 11) is 0. The number of pyridine rings is 1. The summed E-state index contributed by atoms with van der Waals surface area (Å²) >= 11 is 0. The average Bonchev–Trinajstić information content (AvgIpc) is 2.62. The van der Waals surface area contributed by atoms with E-state index in [-0.39, 0.29) is 5.91 Å². The van der Waals surface area contributed by atoms with Crippen molar-refractivity contribution in [3.63, 3.8) is 0 Å². The molecule has 2 rings (SSSR count). The lowest BCUT2D eigenvalue weighted by Crippen LogP contribution is -2.30. The van der Waals surface area contributed by atoms with Crippen molar-refractivity contribution in [1.82, 2.24) is 9.88 Å². The summed E-state index contributed by atoms with van der Waals surface area (Å²) in [4.78, 5) is 18.4. The molecule has 1 saturated heterocycles. The van der Waals surface area contributed by atoms with E-state index in [1.54, 1.807) is 6.20 Å². The Balaban J connectivity index is 2.07. The maximum Gasteiger partial charge on any atom is 0.222 e. The van der Waals surface area contributed by atoms with Crippen LogP contribution in [0.25, 0.3) is 0 Å². The summed E-state index contributed by atoms with van der Waals surface area (Å²) in [6.45, 7) is 4.14. The number of amides is 1. The lowest BCUT2D eigenvalue weighted by Gasteiger charge is -2.22. The van der Waals surface area contributed by atoms with Crippen LogP contribution in [0.1, 0.15) is 43.9 Å². The molecule has 2 N–H and O–H groups in total. The molecule has 0 spiro atoms. The highest BCUT2D eigenvalue weighted by molar-refractivity contribution is 5.76. The second-order valence-corrected chi connectivity index (χ2v) is 5.23. The first-order valence-electron chi connectivity index (χ1n) is 7.15. The minimum atomic E-state index is 0.266. The van der Waals surface area contributed by atoms with Crippen LogP contribution in [0.15, 0.2) is 18.3 Å². The predicted octanol–water partition coefficient (Wildman–Crippen LogP) is 2.08. The van der Waals surface area contributed by atoms with E-state index in [9.17, 15) is 4.79 Å². The number of hydrogen-bond donors (Lipinski definition) is 1. The van der Waals surface area contributed by atoms with Crippen LogP contribution in [-0.2, 0) is 17.9 Å². The summed E-state index contributed by atoms with van der Waals surface area (Å²) in [6, 6.07) is 3.93. The largest absolute Gasteiger partial charge is 0.338 e. The monoisotopic (exact) mass is 261 g/mol. The highest BCUT2D eigenvalue weighted by atomic mass is 16.2. The van der Waals surface area contributed by atoms with Crippen LogP contribution in [0, 0.1) is 5.92 Å². The number of carbonyl (C=O) groups is 1. The Kier molecular flexibility index (Phi) is 4.91. The van der Waals surface area contributed by atoms with Crippen molar-refractivity contribution in [2.75, 3.05) is 6.54 Å². The Labute approximate surface area is 115 Å². The molecule has 0 aromatic carbocycles. The zero-order chi connectivity index (χ0) is 13.7. The molecule has 0 radical (unpaired) electrons. The molecule has 1 aliphatic heterocycles. The maximum absolute atomic E-state index is 12.2. The van der Waals surface area contributed by atoms with Crippen molar-refractivity contribution in [2.45, 2.75) is 45.7 Å². The first-order valence-corrected chi connectivity index (χ1v) is 7.15. The van der Waals surface area contributed by atoms with Gasteiger partial charge >= 0.3 is 0 Å². The molecular weight excluding hydrogens is 238 g/mol. The van der Waals surface area contributed by atoms with Crippen molar-refractivity contribution in [2.24, 2.45) is 11.7 Å². The van der Waals surface area contributed by atoms with E-state index in [1.165, 1.54) is 6.42 Å². The number of nitrogens with two attached hydrogens (primary N) is 1. The van der Waals surface area contributed by atoms with E-state index in [2.05, 4.69) is 11.9 Å². The Bertz CT molecular complexity index is 433. The lowest BCUT2D eigenvalue weighted by atomic mass is 9.98. The first-order chi connectivity index (χ1) is 9.24. The molecule has 2 heterocycles. The number of nitrogens with zero attached hydrogens (tertiary/aromatic N) is 2. The van der Waals surface area contributed by atoms with Crippen LogP contribution in [0.2, 0.25) is 0 Å². The van der Waals surface area contributed by atoms with E-state index in [1.807, 2.05) is 17.0 Å².